The van der Waals surface area contributed by atoms with Gasteiger partial charge in [-0.25, -0.2) is 0 Å². The summed E-state index contributed by atoms with van der Waals surface area (Å²) >= 11 is 0. The summed E-state index contributed by atoms with van der Waals surface area (Å²) in [5, 5.41) is 1.04. The molecule has 0 saturated heterocycles. The number of benzene rings is 4. The van der Waals surface area contributed by atoms with Crippen molar-refractivity contribution < 1.29 is 28.6 Å². The van der Waals surface area contributed by atoms with Crippen LogP contribution in [0.15, 0.2) is 108 Å². The minimum Gasteiger partial charge on any atom is -0.557 e. The van der Waals surface area contributed by atoms with Crippen LogP contribution in [-0.2, 0) is 25.5 Å². The number of hydrogen-bond acceptors (Lipinski definition) is 3. The Labute approximate surface area is 302 Å². The molecule has 0 atom stereocenters. The number of aryl methyl sites for hydroxylation is 1. The molecule has 4 nitrogen and oxygen atoms in total. The van der Waals surface area contributed by atoms with Gasteiger partial charge < -0.3 is 14.0 Å². The van der Waals surface area contributed by atoms with E-state index in [-0.39, 0.29) is 31.1 Å². The van der Waals surface area contributed by atoms with Crippen LogP contribution in [0.3, 0.4) is 0 Å². The average molecular weight is 813 g/mol. The van der Waals surface area contributed by atoms with Crippen molar-refractivity contribution in [1.82, 2.24) is 14.5 Å². The molecule has 5 heteroatoms. The van der Waals surface area contributed by atoms with Crippen molar-refractivity contribution in [3.8, 4) is 28.3 Å². The van der Waals surface area contributed by atoms with Crippen molar-refractivity contribution in [2.24, 2.45) is 0 Å². The van der Waals surface area contributed by atoms with Crippen molar-refractivity contribution in [3.05, 3.63) is 138 Å². The van der Waals surface area contributed by atoms with E-state index in [0.717, 1.165) is 44.6 Å². The first-order valence-electron chi connectivity index (χ1n) is 17.7. The molecule has 0 spiro atoms. The largest absolute Gasteiger partial charge is 0.557 e. The third-order valence-corrected chi connectivity index (χ3v) is 8.48. The zero-order chi connectivity index (χ0) is 35.8. The third-order valence-electron chi connectivity index (χ3n) is 8.48. The van der Waals surface area contributed by atoms with E-state index in [1.54, 1.807) is 18.2 Å². The summed E-state index contributed by atoms with van der Waals surface area (Å²) in [7, 11) is 0. The van der Waals surface area contributed by atoms with Gasteiger partial charge in [-0.1, -0.05) is 114 Å². The second kappa shape index (κ2) is 14.4. The molecular formula is C43H43IrN3O-2. The molecule has 0 N–H and O–H groups in total. The van der Waals surface area contributed by atoms with Crippen LogP contribution in [0, 0.1) is 19.2 Å². The Morgan fingerprint density at radius 2 is 1.56 bits per heavy atom. The summed E-state index contributed by atoms with van der Waals surface area (Å²) in [5.74, 6) is 1.63. The van der Waals surface area contributed by atoms with E-state index in [0.29, 0.717) is 11.8 Å². The zero-order valence-electron chi connectivity index (χ0n) is 31.6. The average Bonchev–Trinajstić information content (AvgIpc) is 3.69. The molecule has 0 unspecified atom stereocenters. The van der Waals surface area contributed by atoms with Crippen LogP contribution in [-0.4, -0.2) is 14.5 Å². The Morgan fingerprint density at radius 3 is 2.19 bits per heavy atom. The summed E-state index contributed by atoms with van der Waals surface area (Å²) in [6.45, 7) is 13.6. The fraction of sp³-hybridized carbons (Fsp3) is 0.256. The molecule has 3 heterocycles. The van der Waals surface area contributed by atoms with Crippen LogP contribution >= 0.6 is 0 Å². The monoisotopic (exact) mass is 813 g/mol. The van der Waals surface area contributed by atoms with E-state index >= 15 is 0 Å². The molecule has 0 aliphatic heterocycles. The van der Waals surface area contributed by atoms with Crippen molar-refractivity contribution in [3.63, 3.8) is 0 Å². The van der Waals surface area contributed by atoms with Gasteiger partial charge in [0.05, 0.1) is 16.9 Å². The smallest absolute Gasteiger partial charge is 0.0774 e. The molecule has 7 aromatic rings. The van der Waals surface area contributed by atoms with Crippen LogP contribution in [0.25, 0.3) is 50.3 Å². The van der Waals surface area contributed by atoms with Crippen LogP contribution in [0.4, 0.5) is 0 Å². The molecule has 4 aromatic carbocycles. The number of pyridine rings is 1. The van der Waals surface area contributed by atoms with Crippen LogP contribution in [0.1, 0.15) is 86.7 Å². The van der Waals surface area contributed by atoms with Crippen molar-refractivity contribution >= 4 is 22.0 Å². The van der Waals surface area contributed by atoms with Gasteiger partial charge in [0.15, 0.2) is 0 Å². The summed E-state index contributed by atoms with van der Waals surface area (Å²) < 4.78 is 30.0. The number of fused-ring (bicyclic) bond motifs is 2. The van der Waals surface area contributed by atoms with Gasteiger partial charge in [0, 0.05) is 47.9 Å². The van der Waals surface area contributed by atoms with Crippen molar-refractivity contribution in [1.29, 1.82) is 0 Å². The second-order valence-electron chi connectivity index (χ2n) is 13.6. The number of nitrogens with zero attached hydrogens (tertiary/aromatic N) is 3. The number of hydrogen-bond donors (Lipinski definition) is 0. The molecular weight excluding hydrogens is 767 g/mol. The van der Waals surface area contributed by atoms with Crippen LogP contribution in [0.5, 0.6) is 0 Å². The maximum absolute atomic E-state index is 7.23. The van der Waals surface area contributed by atoms with Gasteiger partial charge in [0.1, 0.15) is 0 Å². The molecule has 0 saturated carbocycles. The normalized spacial score (nSPS) is 12.7. The molecule has 48 heavy (non-hydrogen) atoms. The van der Waals surface area contributed by atoms with Crippen LogP contribution in [0.2, 0.25) is 0 Å². The number of aromatic nitrogens is 3. The molecule has 0 fully saturated rings. The predicted octanol–water partition coefficient (Wildman–Crippen LogP) is 11.6. The van der Waals surface area contributed by atoms with E-state index in [9.17, 15) is 0 Å². The quantitative estimate of drug-likeness (QED) is 0.163. The van der Waals surface area contributed by atoms with E-state index < -0.39 is 6.85 Å². The first-order valence-corrected chi connectivity index (χ1v) is 16.2. The summed E-state index contributed by atoms with van der Waals surface area (Å²) in [5.41, 5.74) is 10.8. The van der Waals surface area contributed by atoms with Gasteiger partial charge in [0.25, 0.3) is 0 Å². The van der Waals surface area contributed by atoms with Crippen LogP contribution < -0.4 is 0 Å². The number of rotatable bonds is 5. The number of furan rings is 1. The SMILES string of the molecule is CC(C)c1cccc(C(C)C)c1-n1c(-c2[c-]oc3cc(C(C)(C)C)ccc23)nc2ccccc21.[2H]C([2H])([2H])c1ccc(-c2[c-]cccc2)nc1.[Ir]. The standard InChI is InChI=1S/C31H33N2O.C12H10N.Ir/c1-19(2)22-11-10-12-23(20(3)4)29(22)33-27-14-9-8-13-26(27)32-30(33)25-18-34-28-17-21(31(5,6)7)15-16-24(25)28;1-10-7-8-12(13-9-10)11-5-3-2-4-6-11;/h8-17,19-20H,1-7H3;2-5,7-9H,1H3;/q2*-1;/i;1D3;. The van der Waals surface area contributed by atoms with Gasteiger partial charge in [-0.05, 0) is 64.2 Å². The Balaban J connectivity index is 0.000000249. The number of para-hydroxylation sites is 3. The zero-order valence-corrected chi connectivity index (χ0v) is 30.9. The maximum Gasteiger partial charge on any atom is 0.0774 e. The van der Waals surface area contributed by atoms with Gasteiger partial charge >= 0.3 is 0 Å². The fourth-order valence-corrected chi connectivity index (χ4v) is 5.90. The first kappa shape index (κ1) is 31.0. The molecule has 247 valence electrons. The van der Waals surface area contributed by atoms with Crippen molar-refractivity contribution in [2.75, 3.05) is 0 Å². The predicted molar refractivity (Wildman–Crippen MR) is 195 cm³/mol. The summed E-state index contributed by atoms with van der Waals surface area (Å²) in [6.07, 6.45) is 4.61. The minimum absolute atomic E-state index is 0. The van der Waals surface area contributed by atoms with Gasteiger partial charge in [-0.2, -0.15) is 0 Å². The second-order valence-corrected chi connectivity index (χ2v) is 13.6. The van der Waals surface area contributed by atoms with Crippen molar-refractivity contribution in [2.45, 2.75) is 72.6 Å². The van der Waals surface area contributed by atoms with Gasteiger partial charge in [-0.15, -0.1) is 42.0 Å². The Kier molecular flexibility index (Phi) is 9.32. The molecule has 3 aromatic heterocycles. The molecule has 7 rings (SSSR count). The summed E-state index contributed by atoms with van der Waals surface area (Å²) in [6, 6.07) is 35.3. The fourth-order valence-electron chi connectivity index (χ4n) is 5.90. The topological polar surface area (TPSA) is 43.9 Å². The molecule has 0 aliphatic carbocycles. The van der Waals surface area contributed by atoms with E-state index in [4.69, 9.17) is 13.5 Å². The summed E-state index contributed by atoms with van der Waals surface area (Å²) in [4.78, 5) is 9.25. The molecule has 0 bridgehead atoms. The van der Waals surface area contributed by atoms with E-state index in [1.807, 2.05) is 24.3 Å². The molecule has 1 radical (unpaired) electrons. The Bertz CT molecular complexity index is 2220. The first-order chi connectivity index (χ1) is 23.7. The molecule has 0 amide bonds. The van der Waals surface area contributed by atoms with Gasteiger partial charge in [0.2, 0.25) is 0 Å². The Hall–Kier alpha value is -4.31. The van der Waals surface area contributed by atoms with E-state index in [2.05, 4.69) is 125 Å². The molecule has 0 aliphatic rings. The Morgan fingerprint density at radius 1 is 0.833 bits per heavy atom. The maximum atomic E-state index is 7.23. The minimum atomic E-state index is -2.09. The third kappa shape index (κ3) is 7.09. The number of imidazole rings is 1. The van der Waals surface area contributed by atoms with E-state index in [1.165, 1.54) is 28.6 Å². The van der Waals surface area contributed by atoms with Gasteiger partial charge in [-0.3, -0.25) is 4.98 Å².